The molecule has 2 aliphatic heterocycles. The number of nitrogens with one attached hydrogen (secondary N) is 1. The highest BCUT2D eigenvalue weighted by Crippen LogP contribution is 2.44. The summed E-state index contributed by atoms with van der Waals surface area (Å²) in [4.78, 5) is 50.2. The fourth-order valence-electron chi connectivity index (χ4n) is 6.44. The first kappa shape index (κ1) is 27.4. The molecular weight excluding hydrogens is 614 g/mol. The minimum absolute atomic E-state index is 0.204. The van der Waals surface area contributed by atoms with Gasteiger partial charge in [-0.1, -0.05) is 12.6 Å². The first-order chi connectivity index (χ1) is 20.7. The summed E-state index contributed by atoms with van der Waals surface area (Å²) in [6.07, 6.45) is 6.09. The largest absolute Gasteiger partial charge is 0.424 e. The number of benzene rings is 2. The number of anilines is 1. The number of imidazole rings is 1. The fraction of sp³-hybridized carbons (Fsp3) is 0.323. The maximum absolute atomic E-state index is 14.4. The number of hydrogen-bond donors (Lipinski definition) is 2. The van der Waals surface area contributed by atoms with Crippen LogP contribution < -0.4 is 10.5 Å². The topological polar surface area (TPSA) is 139 Å². The van der Waals surface area contributed by atoms with Crippen molar-refractivity contribution in [3.8, 4) is 11.4 Å². The molecule has 0 bridgehead atoms. The van der Waals surface area contributed by atoms with Gasteiger partial charge in [-0.3, -0.25) is 14.4 Å². The van der Waals surface area contributed by atoms with Gasteiger partial charge < -0.3 is 25.3 Å². The van der Waals surface area contributed by atoms with E-state index >= 15 is 0 Å². The predicted molar refractivity (Wildman–Crippen MR) is 163 cm³/mol. The molecule has 11 nitrogen and oxygen atoms in total. The highest BCUT2D eigenvalue weighted by molar-refractivity contribution is 9.10. The molecule has 0 radical (unpaired) electrons. The number of hydrogen-bond acceptors (Lipinski definition) is 7. The summed E-state index contributed by atoms with van der Waals surface area (Å²) in [5, 5.41) is 5.03. The summed E-state index contributed by atoms with van der Waals surface area (Å²) in [7, 11) is 0. The minimum Gasteiger partial charge on any atom is -0.424 e. The Labute approximate surface area is 255 Å². The highest BCUT2D eigenvalue weighted by atomic mass is 79.9. The molecule has 0 unspecified atom stereocenters. The number of aromatic amines is 1. The summed E-state index contributed by atoms with van der Waals surface area (Å²) in [6.45, 7) is 6.15. The zero-order valence-electron chi connectivity index (χ0n) is 23.6. The van der Waals surface area contributed by atoms with Crippen LogP contribution in [0.25, 0.3) is 16.7 Å². The molecule has 0 spiro atoms. The van der Waals surface area contributed by atoms with E-state index in [9.17, 15) is 14.4 Å². The predicted octanol–water partition coefficient (Wildman–Crippen LogP) is 4.21. The van der Waals surface area contributed by atoms with Crippen LogP contribution in [0.1, 0.15) is 64.6 Å². The number of amides is 2. The SMILES string of the molecule is C=CC(=O)N1CCc2nn(-c3ccc(C4CC4)cc3OC(C)=O)c3c2[C@H](C1)N(C(=O)c1c(N)cc(Br)c2nc[nH]c12)CC3. The van der Waals surface area contributed by atoms with Gasteiger partial charge in [-0.15, -0.1) is 0 Å². The second-order valence-electron chi connectivity index (χ2n) is 11.3. The van der Waals surface area contributed by atoms with E-state index in [-0.39, 0.29) is 18.4 Å². The van der Waals surface area contributed by atoms with Crippen molar-refractivity contribution >= 4 is 50.4 Å². The first-order valence-electron chi connectivity index (χ1n) is 14.3. The number of esters is 1. The second-order valence-corrected chi connectivity index (χ2v) is 12.1. The van der Waals surface area contributed by atoms with E-state index in [2.05, 4.69) is 38.5 Å². The van der Waals surface area contributed by atoms with Gasteiger partial charge in [0.2, 0.25) is 5.91 Å². The lowest BCUT2D eigenvalue weighted by Crippen LogP contribution is -2.46. The number of fused-ring (bicyclic) bond motifs is 1. The Kier molecular flexibility index (Phi) is 6.60. The number of nitrogens with zero attached hydrogens (tertiary/aromatic N) is 5. The van der Waals surface area contributed by atoms with E-state index in [1.165, 1.54) is 19.3 Å². The molecule has 2 amide bonds. The van der Waals surface area contributed by atoms with Crippen molar-refractivity contribution in [1.82, 2.24) is 29.5 Å². The molecule has 4 heterocycles. The van der Waals surface area contributed by atoms with E-state index in [4.69, 9.17) is 15.6 Å². The van der Waals surface area contributed by atoms with Gasteiger partial charge in [0.15, 0.2) is 5.75 Å². The number of rotatable bonds is 5. The Hall–Kier alpha value is -4.45. The number of nitrogen functional groups attached to an aromatic ring is 1. The van der Waals surface area contributed by atoms with Gasteiger partial charge in [-0.2, -0.15) is 5.10 Å². The van der Waals surface area contributed by atoms with Gasteiger partial charge in [0.25, 0.3) is 5.91 Å². The smallest absolute Gasteiger partial charge is 0.308 e. The Morgan fingerprint density at radius 2 is 2.00 bits per heavy atom. The molecule has 7 rings (SSSR count). The van der Waals surface area contributed by atoms with Crippen LogP contribution in [0.5, 0.6) is 5.75 Å². The third-order valence-electron chi connectivity index (χ3n) is 8.57. The standard InChI is InChI=1S/C31H30BrN7O4/c1-3-26(41)37-10-8-21-28-23(39(36-21)22-7-6-18(17-4-5-17)12-25(22)43-16(2)40)9-11-38(24(28)14-37)31(42)27-20(33)13-19(32)29-30(27)35-15-34-29/h3,6-7,12-13,15,17,24H,1,4-5,8-11,14,33H2,2H3,(H,34,35)/t24-/m0/s1. The number of carbonyl (C=O) groups excluding carboxylic acids is 3. The summed E-state index contributed by atoms with van der Waals surface area (Å²) >= 11 is 3.49. The van der Waals surface area contributed by atoms with E-state index < -0.39 is 12.0 Å². The number of carbonyl (C=O) groups is 3. The van der Waals surface area contributed by atoms with Crippen molar-refractivity contribution in [2.75, 3.05) is 25.4 Å². The normalized spacial score (nSPS) is 17.9. The van der Waals surface area contributed by atoms with Gasteiger partial charge in [0.1, 0.15) is 11.2 Å². The monoisotopic (exact) mass is 643 g/mol. The van der Waals surface area contributed by atoms with E-state index in [1.807, 2.05) is 16.8 Å². The van der Waals surface area contributed by atoms with Gasteiger partial charge in [0, 0.05) is 55.1 Å². The Balaban J connectivity index is 1.35. The molecule has 1 saturated carbocycles. The molecule has 1 fully saturated rings. The third kappa shape index (κ3) is 4.60. The molecule has 0 saturated heterocycles. The van der Waals surface area contributed by atoms with Gasteiger partial charge >= 0.3 is 5.97 Å². The lowest BCUT2D eigenvalue weighted by atomic mass is 9.94. The van der Waals surface area contributed by atoms with Crippen molar-refractivity contribution in [3.05, 3.63) is 75.8 Å². The number of nitrogens with two attached hydrogens (primary N) is 1. The van der Waals surface area contributed by atoms with Crippen LogP contribution in [-0.2, 0) is 22.4 Å². The molecule has 1 atom stereocenters. The second kappa shape index (κ2) is 10.4. The quantitative estimate of drug-likeness (QED) is 0.144. The number of aromatic nitrogens is 4. The van der Waals surface area contributed by atoms with Crippen molar-refractivity contribution in [3.63, 3.8) is 0 Å². The first-order valence-corrected chi connectivity index (χ1v) is 15.1. The van der Waals surface area contributed by atoms with Crippen molar-refractivity contribution in [1.29, 1.82) is 0 Å². The highest BCUT2D eigenvalue weighted by Gasteiger charge is 2.41. The molecule has 1 aliphatic carbocycles. The van der Waals surface area contributed by atoms with Crippen LogP contribution in [0.2, 0.25) is 0 Å². The van der Waals surface area contributed by atoms with Crippen LogP contribution in [0.15, 0.2) is 47.7 Å². The molecule has 3 aliphatic rings. The molecule has 2 aromatic heterocycles. The molecule has 4 aromatic rings. The third-order valence-corrected chi connectivity index (χ3v) is 9.18. The van der Waals surface area contributed by atoms with E-state index in [0.29, 0.717) is 70.0 Å². The molecule has 43 heavy (non-hydrogen) atoms. The van der Waals surface area contributed by atoms with E-state index in [1.54, 1.807) is 15.9 Å². The molecule has 3 N–H and O–H groups in total. The van der Waals surface area contributed by atoms with Crippen LogP contribution in [0.3, 0.4) is 0 Å². The zero-order valence-corrected chi connectivity index (χ0v) is 25.2. The van der Waals surface area contributed by atoms with Gasteiger partial charge in [0.05, 0.1) is 34.8 Å². The van der Waals surface area contributed by atoms with Crippen LogP contribution in [0, 0.1) is 0 Å². The van der Waals surface area contributed by atoms with E-state index in [0.717, 1.165) is 35.4 Å². The lowest BCUT2D eigenvalue weighted by Gasteiger charge is -2.38. The number of ether oxygens (including phenoxy) is 1. The maximum atomic E-state index is 14.4. The zero-order chi connectivity index (χ0) is 30.0. The van der Waals surface area contributed by atoms with Crippen LogP contribution in [-0.4, -0.2) is 67.0 Å². The fourth-order valence-corrected chi connectivity index (χ4v) is 6.99. The van der Waals surface area contributed by atoms with Gasteiger partial charge in [-0.25, -0.2) is 9.67 Å². The Morgan fingerprint density at radius 3 is 2.74 bits per heavy atom. The Morgan fingerprint density at radius 1 is 1.19 bits per heavy atom. The molecule has 220 valence electrons. The summed E-state index contributed by atoms with van der Waals surface area (Å²) in [5.41, 5.74) is 12.7. The average Bonchev–Trinajstić information content (AvgIpc) is 3.65. The number of halogens is 1. The summed E-state index contributed by atoms with van der Waals surface area (Å²) < 4.78 is 8.25. The average molecular weight is 645 g/mol. The van der Waals surface area contributed by atoms with Crippen molar-refractivity contribution < 1.29 is 19.1 Å². The number of H-pyrrole nitrogens is 1. The van der Waals surface area contributed by atoms with Crippen molar-refractivity contribution in [2.24, 2.45) is 0 Å². The minimum atomic E-state index is -0.477. The van der Waals surface area contributed by atoms with Crippen LogP contribution >= 0.6 is 15.9 Å². The Bertz CT molecular complexity index is 1840. The molecule has 12 heteroatoms. The maximum Gasteiger partial charge on any atom is 0.308 e. The summed E-state index contributed by atoms with van der Waals surface area (Å²) in [5.74, 6) is 0.0942. The summed E-state index contributed by atoms with van der Waals surface area (Å²) in [6, 6.07) is 7.20. The molecular formula is C31H30BrN7O4. The van der Waals surface area contributed by atoms with Gasteiger partial charge in [-0.05, 0) is 64.5 Å². The van der Waals surface area contributed by atoms with Crippen molar-refractivity contribution in [2.45, 2.75) is 44.6 Å². The lowest BCUT2D eigenvalue weighted by molar-refractivity contribution is -0.132. The molecule has 2 aromatic carbocycles. The van der Waals surface area contributed by atoms with Crippen LogP contribution in [0.4, 0.5) is 5.69 Å².